The molecule has 0 heterocycles. The first-order valence-electron chi connectivity index (χ1n) is 8.03. The van der Waals surface area contributed by atoms with E-state index in [0.29, 0.717) is 26.1 Å². The second-order valence-corrected chi connectivity index (χ2v) is 5.66. The molecule has 2 aromatic carbocycles. The molecule has 4 heteroatoms. The van der Waals surface area contributed by atoms with Crippen LogP contribution >= 0.6 is 0 Å². The molecule has 1 atom stereocenters. The Hall–Kier alpha value is -2.17. The molecule has 0 saturated carbocycles. The van der Waals surface area contributed by atoms with Crippen LogP contribution in [0, 0.1) is 0 Å². The number of amides is 1. The highest BCUT2D eigenvalue weighted by Gasteiger charge is 2.18. The topological polar surface area (TPSA) is 72.3 Å². The summed E-state index contributed by atoms with van der Waals surface area (Å²) in [5.41, 5.74) is 13.9. The summed E-state index contributed by atoms with van der Waals surface area (Å²) in [4.78, 5) is 14.5. The summed E-state index contributed by atoms with van der Waals surface area (Å²) in [7, 11) is 0. The minimum atomic E-state index is -0.278. The van der Waals surface area contributed by atoms with Crippen molar-refractivity contribution in [2.45, 2.75) is 25.4 Å². The number of carbonyl (C=O) groups is 1. The molecule has 1 amide bonds. The van der Waals surface area contributed by atoms with E-state index in [1.807, 2.05) is 65.6 Å². The zero-order valence-corrected chi connectivity index (χ0v) is 13.4. The number of hydrogen-bond acceptors (Lipinski definition) is 3. The number of benzene rings is 2. The number of carbonyl (C=O) groups excluding carboxylic acids is 1. The van der Waals surface area contributed by atoms with Crippen LogP contribution in [0.15, 0.2) is 60.7 Å². The zero-order valence-electron chi connectivity index (χ0n) is 13.4. The molecule has 1 unspecified atom stereocenters. The minimum absolute atomic E-state index is 0.0682. The molecule has 4 nitrogen and oxygen atoms in total. The Morgan fingerprint density at radius 3 is 2.22 bits per heavy atom. The van der Waals surface area contributed by atoms with Crippen LogP contribution in [0.5, 0.6) is 0 Å². The van der Waals surface area contributed by atoms with Crippen molar-refractivity contribution in [1.29, 1.82) is 0 Å². The van der Waals surface area contributed by atoms with Gasteiger partial charge in [-0.1, -0.05) is 60.7 Å². The van der Waals surface area contributed by atoms with Crippen LogP contribution in [0.1, 0.15) is 30.0 Å². The number of rotatable bonds is 8. The molecule has 2 aromatic rings. The third kappa shape index (κ3) is 5.51. The summed E-state index contributed by atoms with van der Waals surface area (Å²) in [5.74, 6) is 0.0682. The smallest absolute Gasteiger partial charge is 0.224 e. The third-order valence-electron chi connectivity index (χ3n) is 3.82. The first-order chi connectivity index (χ1) is 11.2. The van der Waals surface area contributed by atoms with Crippen LogP contribution < -0.4 is 11.5 Å². The molecule has 2 rings (SSSR count). The number of nitrogens with zero attached hydrogens (tertiary/aromatic N) is 1. The van der Waals surface area contributed by atoms with Crippen molar-refractivity contribution < 1.29 is 4.79 Å². The molecule has 0 radical (unpaired) electrons. The van der Waals surface area contributed by atoms with Gasteiger partial charge in [0.1, 0.15) is 0 Å². The summed E-state index contributed by atoms with van der Waals surface area (Å²) in [6.07, 6.45) is 1.10. The molecule has 0 fully saturated rings. The molecule has 122 valence electrons. The summed E-state index contributed by atoms with van der Waals surface area (Å²) >= 11 is 0. The molecule has 0 aliphatic heterocycles. The maximum atomic E-state index is 12.6. The molecular weight excluding hydrogens is 286 g/mol. The fourth-order valence-electron chi connectivity index (χ4n) is 2.51. The van der Waals surface area contributed by atoms with Gasteiger partial charge in [0.2, 0.25) is 5.91 Å². The quantitative estimate of drug-likeness (QED) is 0.786. The van der Waals surface area contributed by atoms with E-state index in [1.165, 1.54) is 0 Å². The van der Waals surface area contributed by atoms with E-state index in [9.17, 15) is 4.79 Å². The van der Waals surface area contributed by atoms with Gasteiger partial charge in [-0.05, 0) is 24.1 Å². The first-order valence-corrected chi connectivity index (χ1v) is 8.03. The molecule has 0 aliphatic rings. The van der Waals surface area contributed by atoms with E-state index in [0.717, 1.165) is 17.5 Å². The molecule has 0 aliphatic carbocycles. The van der Waals surface area contributed by atoms with Crippen molar-refractivity contribution in [3.63, 3.8) is 0 Å². The lowest BCUT2D eigenvalue weighted by Crippen LogP contribution is -2.34. The maximum Gasteiger partial charge on any atom is 0.224 e. The Kier molecular flexibility index (Phi) is 6.78. The maximum absolute atomic E-state index is 12.6. The van der Waals surface area contributed by atoms with E-state index >= 15 is 0 Å². The number of hydrogen-bond donors (Lipinski definition) is 2. The van der Waals surface area contributed by atoms with Gasteiger partial charge in [0.15, 0.2) is 0 Å². The summed E-state index contributed by atoms with van der Waals surface area (Å²) < 4.78 is 0. The second kappa shape index (κ2) is 9.08. The van der Waals surface area contributed by atoms with Crippen molar-refractivity contribution in [2.24, 2.45) is 11.5 Å². The Balaban J connectivity index is 2.01. The molecule has 23 heavy (non-hydrogen) atoms. The van der Waals surface area contributed by atoms with Gasteiger partial charge >= 0.3 is 0 Å². The lowest BCUT2D eigenvalue weighted by molar-refractivity contribution is -0.132. The second-order valence-electron chi connectivity index (χ2n) is 5.66. The fourth-order valence-corrected chi connectivity index (χ4v) is 2.51. The SMILES string of the molecule is NCCCN(Cc1ccccc1)C(=O)CC(N)c1ccccc1. The van der Waals surface area contributed by atoms with Crippen molar-refractivity contribution in [1.82, 2.24) is 4.90 Å². The van der Waals surface area contributed by atoms with E-state index in [1.54, 1.807) is 0 Å². The summed E-state index contributed by atoms with van der Waals surface area (Å²) in [6, 6.07) is 19.5. The Bertz CT molecular complexity index is 586. The molecular formula is C19H25N3O. The van der Waals surface area contributed by atoms with Crippen LogP contribution in [0.25, 0.3) is 0 Å². The molecule has 0 aromatic heterocycles. The first kappa shape index (κ1) is 17.2. The predicted molar refractivity (Wildman–Crippen MR) is 93.5 cm³/mol. The van der Waals surface area contributed by atoms with Gasteiger partial charge in [-0.25, -0.2) is 0 Å². The van der Waals surface area contributed by atoms with Crippen molar-refractivity contribution in [3.8, 4) is 0 Å². The van der Waals surface area contributed by atoms with E-state index in [-0.39, 0.29) is 11.9 Å². The lowest BCUT2D eigenvalue weighted by atomic mass is 10.0. The van der Waals surface area contributed by atoms with Gasteiger partial charge < -0.3 is 16.4 Å². The average molecular weight is 311 g/mol. The number of nitrogens with two attached hydrogens (primary N) is 2. The van der Waals surface area contributed by atoms with Crippen LogP contribution in [0.4, 0.5) is 0 Å². The standard InChI is InChI=1S/C19H25N3O/c20-12-7-13-22(15-16-8-3-1-4-9-16)19(23)14-18(21)17-10-5-2-6-11-17/h1-6,8-11,18H,7,12-15,20-21H2. The monoisotopic (exact) mass is 311 g/mol. The lowest BCUT2D eigenvalue weighted by Gasteiger charge is -2.24. The molecule has 0 saturated heterocycles. The van der Waals surface area contributed by atoms with Crippen molar-refractivity contribution >= 4 is 5.91 Å². The summed E-state index contributed by atoms with van der Waals surface area (Å²) in [6.45, 7) is 1.83. The van der Waals surface area contributed by atoms with Gasteiger partial charge in [-0.15, -0.1) is 0 Å². The molecule has 4 N–H and O–H groups in total. The predicted octanol–water partition coefficient (Wildman–Crippen LogP) is 2.45. The van der Waals surface area contributed by atoms with Crippen LogP contribution in [0.3, 0.4) is 0 Å². The van der Waals surface area contributed by atoms with Crippen LogP contribution in [0.2, 0.25) is 0 Å². The zero-order chi connectivity index (χ0) is 16.5. The van der Waals surface area contributed by atoms with Crippen LogP contribution in [-0.4, -0.2) is 23.9 Å². The average Bonchev–Trinajstić information content (AvgIpc) is 2.60. The van der Waals surface area contributed by atoms with E-state index < -0.39 is 0 Å². The van der Waals surface area contributed by atoms with Gasteiger partial charge in [-0.2, -0.15) is 0 Å². The summed E-state index contributed by atoms with van der Waals surface area (Å²) in [5, 5.41) is 0. The largest absolute Gasteiger partial charge is 0.338 e. The normalized spacial score (nSPS) is 11.9. The van der Waals surface area contributed by atoms with E-state index in [2.05, 4.69) is 0 Å². The van der Waals surface area contributed by atoms with Gasteiger partial charge in [0, 0.05) is 25.6 Å². The Morgan fingerprint density at radius 2 is 1.61 bits per heavy atom. The minimum Gasteiger partial charge on any atom is -0.338 e. The van der Waals surface area contributed by atoms with Crippen LogP contribution in [-0.2, 0) is 11.3 Å². The highest BCUT2D eigenvalue weighted by atomic mass is 16.2. The van der Waals surface area contributed by atoms with Gasteiger partial charge in [0.05, 0.1) is 0 Å². The Labute approximate surface area is 138 Å². The highest BCUT2D eigenvalue weighted by molar-refractivity contribution is 5.77. The third-order valence-corrected chi connectivity index (χ3v) is 3.82. The van der Waals surface area contributed by atoms with Crippen molar-refractivity contribution in [3.05, 3.63) is 71.8 Å². The van der Waals surface area contributed by atoms with Gasteiger partial charge in [0.25, 0.3) is 0 Å². The highest BCUT2D eigenvalue weighted by Crippen LogP contribution is 2.16. The molecule has 0 spiro atoms. The Morgan fingerprint density at radius 1 is 1.00 bits per heavy atom. The molecule has 0 bridgehead atoms. The van der Waals surface area contributed by atoms with Crippen molar-refractivity contribution in [2.75, 3.05) is 13.1 Å². The van der Waals surface area contributed by atoms with E-state index in [4.69, 9.17) is 11.5 Å². The fraction of sp³-hybridized carbons (Fsp3) is 0.316. The van der Waals surface area contributed by atoms with Gasteiger partial charge in [-0.3, -0.25) is 4.79 Å².